The summed E-state index contributed by atoms with van der Waals surface area (Å²) in [7, 11) is 0. The number of nitrogens with zero attached hydrogens (tertiary/aromatic N) is 1. The van der Waals surface area contributed by atoms with Crippen LogP contribution in [0.15, 0.2) is 103 Å². The van der Waals surface area contributed by atoms with Gasteiger partial charge >= 0.3 is 18.2 Å². The van der Waals surface area contributed by atoms with E-state index in [9.17, 15) is 19.2 Å². The number of benzene rings is 4. The smallest absolute Gasteiger partial charge is 0.419 e. The van der Waals surface area contributed by atoms with Crippen LogP contribution in [0.4, 0.5) is 9.59 Å². The van der Waals surface area contributed by atoms with Crippen LogP contribution in [-0.2, 0) is 36.6 Å². The summed E-state index contributed by atoms with van der Waals surface area (Å²) < 4.78 is 24.7. The summed E-state index contributed by atoms with van der Waals surface area (Å²) in [6.45, 7) is 16.5. The van der Waals surface area contributed by atoms with Crippen molar-refractivity contribution in [2.45, 2.75) is 110 Å². The molecule has 0 radical (unpaired) electrons. The van der Waals surface area contributed by atoms with Crippen LogP contribution in [0.3, 0.4) is 0 Å². The molecule has 11 heteroatoms. The quantitative estimate of drug-likeness (QED) is 0.0999. The van der Waals surface area contributed by atoms with Gasteiger partial charge in [0.05, 0.1) is 5.52 Å². The highest BCUT2D eigenvalue weighted by molar-refractivity contribution is 5.94. The van der Waals surface area contributed by atoms with Crippen LogP contribution in [0.5, 0.6) is 5.75 Å². The first kappa shape index (κ1) is 42.5. The molecule has 310 valence electrons. The highest BCUT2D eigenvalue weighted by Gasteiger charge is 2.33. The van der Waals surface area contributed by atoms with Gasteiger partial charge in [-0.15, -0.1) is 0 Å². The van der Waals surface area contributed by atoms with E-state index in [2.05, 4.69) is 22.8 Å². The molecule has 11 nitrogen and oxygen atoms in total. The molecule has 2 amide bonds. The predicted octanol–water partition coefficient (Wildman–Crippen LogP) is 9.12. The average Bonchev–Trinajstić information content (AvgIpc) is 3.68. The third-order valence-corrected chi connectivity index (χ3v) is 9.56. The van der Waals surface area contributed by atoms with Crippen molar-refractivity contribution in [1.29, 1.82) is 0 Å². The summed E-state index contributed by atoms with van der Waals surface area (Å²) in [5.41, 5.74) is 4.18. The van der Waals surface area contributed by atoms with Gasteiger partial charge in [-0.1, -0.05) is 78.9 Å². The SMILES string of the molecule is CC(C)(C)OC(=O)[C@H](Cc1ccc(OC(C)(C)C)cc1)NC(=O)[C@H](Cc1cn(C(=O)OC(C)(C)C)c2ccccc12)NC(=O)OCC1c2ccccc2-c2ccccc21. The zero-order chi connectivity index (χ0) is 42.7. The van der Waals surface area contributed by atoms with Crippen LogP contribution in [0.25, 0.3) is 22.0 Å². The van der Waals surface area contributed by atoms with Gasteiger partial charge < -0.3 is 29.6 Å². The second-order valence-electron chi connectivity index (χ2n) is 17.9. The summed E-state index contributed by atoms with van der Waals surface area (Å²) in [4.78, 5) is 55.4. The Kier molecular flexibility index (Phi) is 12.3. The lowest BCUT2D eigenvalue weighted by Gasteiger charge is -2.27. The van der Waals surface area contributed by atoms with Gasteiger partial charge in [0.2, 0.25) is 5.91 Å². The molecule has 0 fully saturated rings. The van der Waals surface area contributed by atoms with Crippen molar-refractivity contribution in [1.82, 2.24) is 15.2 Å². The van der Waals surface area contributed by atoms with Crippen LogP contribution < -0.4 is 15.4 Å². The van der Waals surface area contributed by atoms with Crippen molar-refractivity contribution in [2.24, 2.45) is 0 Å². The van der Waals surface area contributed by atoms with Gasteiger partial charge in [-0.25, -0.2) is 14.4 Å². The van der Waals surface area contributed by atoms with E-state index >= 15 is 0 Å². The van der Waals surface area contributed by atoms with Crippen molar-refractivity contribution in [2.75, 3.05) is 6.61 Å². The van der Waals surface area contributed by atoms with Gasteiger partial charge in [0.25, 0.3) is 0 Å². The Morgan fingerprint density at radius 2 is 1.22 bits per heavy atom. The maximum absolute atomic E-state index is 14.5. The Balaban J connectivity index is 1.29. The number of ether oxygens (including phenoxy) is 4. The molecule has 1 heterocycles. The highest BCUT2D eigenvalue weighted by Crippen LogP contribution is 2.44. The highest BCUT2D eigenvalue weighted by atomic mass is 16.6. The minimum absolute atomic E-state index is 0.0294. The van der Waals surface area contributed by atoms with Crippen LogP contribution in [0.1, 0.15) is 90.5 Å². The van der Waals surface area contributed by atoms with Gasteiger partial charge in [-0.05, 0) is 114 Å². The van der Waals surface area contributed by atoms with E-state index in [1.165, 1.54) is 4.57 Å². The second kappa shape index (κ2) is 17.0. The molecule has 6 rings (SSSR count). The average molecular weight is 802 g/mol. The number of esters is 1. The Morgan fingerprint density at radius 1 is 0.644 bits per heavy atom. The van der Waals surface area contributed by atoms with Gasteiger partial charge in [0.15, 0.2) is 0 Å². The number of aromatic nitrogens is 1. The molecule has 1 aliphatic carbocycles. The molecule has 0 unspecified atom stereocenters. The zero-order valence-electron chi connectivity index (χ0n) is 35.4. The number of rotatable bonds is 11. The number of para-hydroxylation sites is 1. The number of carbonyl (C=O) groups excluding carboxylic acids is 4. The number of carbonyl (C=O) groups is 4. The summed E-state index contributed by atoms with van der Waals surface area (Å²) in [5, 5.41) is 6.37. The first-order chi connectivity index (χ1) is 27.7. The number of amides is 2. The number of nitrogens with one attached hydrogen (secondary N) is 2. The van der Waals surface area contributed by atoms with E-state index < -0.39 is 52.9 Å². The first-order valence-electron chi connectivity index (χ1n) is 20.0. The lowest BCUT2D eigenvalue weighted by molar-refractivity contribution is -0.158. The molecule has 59 heavy (non-hydrogen) atoms. The Bertz CT molecular complexity index is 2280. The fraction of sp³-hybridized carbons (Fsp3) is 0.375. The molecule has 2 N–H and O–H groups in total. The van der Waals surface area contributed by atoms with E-state index in [1.807, 2.05) is 93.6 Å². The molecule has 2 atom stereocenters. The Hall–Kier alpha value is -6.10. The van der Waals surface area contributed by atoms with Gasteiger partial charge in [0, 0.05) is 30.3 Å². The van der Waals surface area contributed by atoms with Crippen molar-refractivity contribution >= 4 is 35.0 Å². The zero-order valence-corrected chi connectivity index (χ0v) is 35.4. The third kappa shape index (κ3) is 10.9. The van der Waals surface area contributed by atoms with Gasteiger partial charge in [-0.2, -0.15) is 0 Å². The number of hydrogen-bond donors (Lipinski definition) is 2. The normalized spacial score (nSPS) is 13.8. The molecule has 0 bridgehead atoms. The molecule has 4 aromatic carbocycles. The molecule has 5 aromatic rings. The van der Waals surface area contributed by atoms with Gasteiger partial charge in [0.1, 0.15) is 41.2 Å². The summed E-state index contributed by atoms with van der Waals surface area (Å²) in [6.07, 6.45) is 0.268. The number of fused-ring (bicyclic) bond motifs is 4. The summed E-state index contributed by atoms with van der Waals surface area (Å²) in [5.74, 6) is -0.820. The Labute approximate surface area is 346 Å². The van der Waals surface area contributed by atoms with Crippen LogP contribution in [0, 0.1) is 0 Å². The van der Waals surface area contributed by atoms with Crippen LogP contribution in [0.2, 0.25) is 0 Å². The monoisotopic (exact) mass is 801 g/mol. The topological polar surface area (TPSA) is 134 Å². The van der Waals surface area contributed by atoms with Crippen molar-refractivity contribution in [3.63, 3.8) is 0 Å². The van der Waals surface area contributed by atoms with E-state index in [0.717, 1.165) is 27.8 Å². The molecule has 0 aliphatic heterocycles. The van der Waals surface area contributed by atoms with E-state index in [1.54, 1.807) is 59.9 Å². The molecule has 1 aliphatic rings. The van der Waals surface area contributed by atoms with E-state index in [4.69, 9.17) is 18.9 Å². The van der Waals surface area contributed by atoms with Gasteiger partial charge in [-0.3, -0.25) is 9.36 Å². The lowest BCUT2D eigenvalue weighted by Crippen LogP contribution is -2.54. The number of alkyl carbamates (subject to hydrolysis) is 1. The minimum Gasteiger partial charge on any atom is -0.488 e. The molecule has 0 spiro atoms. The fourth-order valence-electron chi connectivity index (χ4n) is 7.21. The second-order valence-corrected chi connectivity index (χ2v) is 17.9. The van der Waals surface area contributed by atoms with Crippen LogP contribution >= 0.6 is 0 Å². The summed E-state index contributed by atoms with van der Waals surface area (Å²) in [6, 6.07) is 28.2. The molecule has 1 aromatic heterocycles. The van der Waals surface area contributed by atoms with Crippen molar-refractivity contribution in [3.8, 4) is 16.9 Å². The standard InChI is InChI=1S/C48H55N3O8/c1-46(2,3)57-32-24-22-30(23-25-32)26-40(43(53)58-47(4,5)6)49-42(52)39(27-31-28-51(45(55)59-48(7,8)9)41-21-15-14-16-33(31)41)50-44(54)56-29-38-36-19-12-10-17-34(36)35-18-11-13-20-37(35)38/h10-25,28,38-40H,26-27,29H2,1-9H3,(H,49,52)(H,50,54)/t39-,40-/m0/s1. The van der Waals surface area contributed by atoms with Crippen molar-refractivity contribution < 1.29 is 38.1 Å². The fourth-order valence-corrected chi connectivity index (χ4v) is 7.21. The van der Waals surface area contributed by atoms with E-state index in [-0.39, 0.29) is 25.4 Å². The number of hydrogen-bond acceptors (Lipinski definition) is 8. The lowest BCUT2D eigenvalue weighted by atomic mass is 9.98. The van der Waals surface area contributed by atoms with Crippen molar-refractivity contribution in [3.05, 3.63) is 126 Å². The predicted molar refractivity (Wildman–Crippen MR) is 228 cm³/mol. The van der Waals surface area contributed by atoms with E-state index in [0.29, 0.717) is 22.2 Å². The summed E-state index contributed by atoms with van der Waals surface area (Å²) >= 11 is 0. The molecule has 0 saturated heterocycles. The minimum atomic E-state index is -1.24. The Morgan fingerprint density at radius 3 is 1.81 bits per heavy atom. The molecular weight excluding hydrogens is 747 g/mol. The first-order valence-corrected chi connectivity index (χ1v) is 20.0. The maximum Gasteiger partial charge on any atom is 0.419 e. The third-order valence-electron chi connectivity index (χ3n) is 9.56. The largest absolute Gasteiger partial charge is 0.488 e. The molecule has 0 saturated carbocycles. The van der Waals surface area contributed by atoms with Crippen LogP contribution in [-0.4, -0.2) is 64.1 Å². The maximum atomic E-state index is 14.5. The molecular formula is C48H55N3O8.